The molecule has 1 rings (SSSR count). The molecule has 0 unspecified atom stereocenters. The molecule has 0 atom stereocenters. The molecule has 1 aliphatic carbocycles. The predicted octanol–water partition coefficient (Wildman–Crippen LogP) is 1.58. The van der Waals surface area contributed by atoms with Gasteiger partial charge in [0.1, 0.15) is 0 Å². The lowest BCUT2D eigenvalue weighted by Crippen LogP contribution is -2.33. The normalized spacial score (nSPS) is 26.0. The van der Waals surface area contributed by atoms with E-state index in [0.29, 0.717) is 0 Å². The molecule has 0 bridgehead atoms. The summed E-state index contributed by atoms with van der Waals surface area (Å²) in [6.45, 7) is 0.746. The van der Waals surface area contributed by atoms with Crippen molar-refractivity contribution in [2.45, 2.75) is 36.9 Å². The maximum absolute atomic E-state index is 5.56. The topological polar surface area (TPSA) is 26.0 Å². The summed E-state index contributed by atoms with van der Waals surface area (Å²) in [6.07, 6.45) is 6.45. The molecule has 0 aromatic rings. The number of rotatable bonds is 1. The first-order valence-corrected chi connectivity index (χ1v) is 4.14. The van der Waals surface area contributed by atoms with Crippen LogP contribution in [0.1, 0.15) is 32.1 Å². The maximum atomic E-state index is 5.56. The van der Waals surface area contributed by atoms with E-state index in [4.69, 9.17) is 5.73 Å². The highest BCUT2D eigenvalue weighted by Crippen LogP contribution is 2.32. The second kappa shape index (κ2) is 2.93. The van der Waals surface area contributed by atoms with Gasteiger partial charge in [0.25, 0.3) is 0 Å². The third-order valence-electron chi connectivity index (χ3n) is 2.16. The highest BCUT2D eigenvalue weighted by molar-refractivity contribution is 7.81. The van der Waals surface area contributed by atoms with Crippen molar-refractivity contribution in [3.63, 3.8) is 0 Å². The minimum absolute atomic E-state index is 0.193. The highest BCUT2D eigenvalue weighted by atomic mass is 32.1. The standard InChI is InChI=1S/C7H15NS/c8-6-7(9)4-2-1-3-5-7/h9H,1-6,8H2. The molecule has 2 heteroatoms. The summed E-state index contributed by atoms with van der Waals surface area (Å²) in [6, 6.07) is 0. The average Bonchev–Trinajstić information content (AvgIpc) is 1.90. The zero-order valence-electron chi connectivity index (χ0n) is 5.77. The van der Waals surface area contributed by atoms with E-state index >= 15 is 0 Å². The van der Waals surface area contributed by atoms with Crippen molar-refractivity contribution >= 4 is 12.6 Å². The molecule has 0 amide bonds. The Balaban J connectivity index is 2.37. The van der Waals surface area contributed by atoms with Gasteiger partial charge in [0.2, 0.25) is 0 Å². The van der Waals surface area contributed by atoms with Gasteiger partial charge in [-0.1, -0.05) is 19.3 Å². The Bertz CT molecular complexity index is 86.9. The summed E-state index contributed by atoms with van der Waals surface area (Å²) in [4.78, 5) is 0. The quantitative estimate of drug-likeness (QED) is 0.538. The van der Waals surface area contributed by atoms with Gasteiger partial charge in [0.05, 0.1) is 0 Å². The Morgan fingerprint density at radius 1 is 1.22 bits per heavy atom. The van der Waals surface area contributed by atoms with E-state index in [1.807, 2.05) is 0 Å². The van der Waals surface area contributed by atoms with Crippen molar-refractivity contribution in [1.29, 1.82) is 0 Å². The number of hydrogen-bond acceptors (Lipinski definition) is 2. The van der Waals surface area contributed by atoms with Crippen molar-refractivity contribution < 1.29 is 0 Å². The number of hydrogen-bond donors (Lipinski definition) is 2. The molecule has 1 aliphatic rings. The SMILES string of the molecule is NCC1(S)CCCCC1. The van der Waals surface area contributed by atoms with E-state index in [1.54, 1.807) is 0 Å². The van der Waals surface area contributed by atoms with Gasteiger partial charge in [0.15, 0.2) is 0 Å². The van der Waals surface area contributed by atoms with Crippen LogP contribution in [0.3, 0.4) is 0 Å². The molecule has 0 radical (unpaired) electrons. The highest BCUT2D eigenvalue weighted by Gasteiger charge is 2.25. The fourth-order valence-corrected chi connectivity index (χ4v) is 1.73. The fraction of sp³-hybridized carbons (Fsp3) is 1.00. The molecule has 2 N–H and O–H groups in total. The Morgan fingerprint density at radius 2 is 1.78 bits per heavy atom. The zero-order valence-corrected chi connectivity index (χ0v) is 6.66. The molecule has 1 nitrogen and oxygen atoms in total. The Hall–Kier alpha value is 0.310. The summed E-state index contributed by atoms with van der Waals surface area (Å²) < 4.78 is 0.193. The Kier molecular flexibility index (Phi) is 2.42. The Morgan fingerprint density at radius 3 is 2.11 bits per heavy atom. The molecule has 0 heterocycles. The van der Waals surface area contributed by atoms with Crippen LogP contribution in [0, 0.1) is 0 Å². The molecule has 1 saturated carbocycles. The summed E-state index contributed by atoms with van der Waals surface area (Å²) in [5.41, 5.74) is 5.56. The second-order valence-corrected chi connectivity index (χ2v) is 3.94. The van der Waals surface area contributed by atoms with E-state index in [9.17, 15) is 0 Å². The van der Waals surface area contributed by atoms with Crippen LogP contribution in [-0.4, -0.2) is 11.3 Å². The van der Waals surface area contributed by atoms with Crippen LogP contribution in [0.4, 0.5) is 0 Å². The van der Waals surface area contributed by atoms with Crippen molar-refractivity contribution in [2.75, 3.05) is 6.54 Å². The molecule has 0 aliphatic heterocycles. The second-order valence-electron chi connectivity index (χ2n) is 2.99. The largest absolute Gasteiger partial charge is 0.329 e. The van der Waals surface area contributed by atoms with Gasteiger partial charge in [-0.25, -0.2) is 0 Å². The third kappa shape index (κ3) is 1.87. The number of thiol groups is 1. The lowest BCUT2D eigenvalue weighted by molar-refractivity contribution is 0.406. The molecule has 0 saturated heterocycles. The smallest absolute Gasteiger partial charge is 0.0252 e. The summed E-state index contributed by atoms with van der Waals surface area (Å²) in [5.74, 6) is 0. The van der Waals surface area contributed by atoms with Gasteiger partial charge < -0.3 is 5.73 Å². The zero-order chi connectivity index (χ0) is 6.74. The van der Waals surface area contributed by atoms with E-state index < -0.39 is 0 Å². The molecular weight excluding hydrogens is 130 g/mol. The molecule has 0 spiro atoms. The predicted molar refractivity (Wildman–Crippen MR) is 43.9 cm³/mol. The summed E-state index contributed by atoms with van der Waals surface area (Å²) in [7, 11) is 0. The molecule has 0 aromatic heterocycles. The van der Waals surface area contributed by atoms with E-state index in [-0.39, 0.29) is 4.75 Å². The average molecular weight is 145 g/mol. The monoisotopic (exact) mass is 145 g/mol. The van der Waals surface area contributed by atoms with Crippen LogP contribution < -0.4 is 5.73 Å². The molecule has 9 heavy (non-hydrogen) atoms. The number of nitrogens with two attached hydrogens (primary N) is 1. The van der Waals surface area contributed by atoms with Crippen LogP contribution in [-0.2, 0) is 0 Å². The van der Waals surface area contributed by atoms with Crippen LogP contribution in [0.5, 0.6) is 0 Å². The van der Waals surface area contributed by atoms with Crippen molar-refractivity contribution in [1.82, 2.24) is 0 Å². The molecule has 0 aromatic carbocycles. The van der Waals surface area contributed by atoms with Crippen LogP contribution in [0.15, 0.2) is 0 Å². The first-order valence-electron chi connectivity index (χ1n) is 3.69. The fourth-order valence-electron chi connectivity index (χ4n) is 1.41. The minimum atomic E-state index is 0.193. The maximum Gasteiger partial charge on any atom is 0.0252 e. The third-order valence-corrected chi connectivity index (χ3v) is 2.79. The van der Waals surface area contributed by atoms with Crippen LogP contribution in [0.2, 0.25) is 0 Å². The molecule has 1 fully saturated rings. The van der Waals surface area contributed by atoms with Crippen LogP contribution >= 0.6 is 12.6 Å². The van der Waals surface area contributed by atoms with Crippen molar-refractivity contribution in [3.8, 4) is 0 Å². The van der Waals surface area contributed by atoms with E-state index in [0.717, 1.165) is 6.54 Å². The van der Waals surface area contributed by atoms with Gasteiger partial charge in [-0.2, -0.15) is 12.6 Å². The summed E-state index contributed by atoms with van der Waals surface area (Å²) in [5, 5.41) is 0. The summed E-state index contributed by atoms with van der Waals surface area (Å²) >= 11 is 4.52. The van der Waals surface area contributed by atoms with Crippen LogP contribution in [0.25, 0.3) is 0 Å². The first kappa shape index (κ1) is 7.42. The van der Waals surface area contributed by atoms with E-state index in [1.165, 1.54) is 32.1 Å². The van der Waals surface area contributed by atoms with Crippen molar-refractivity contribution in [3.05, 3.63) is 0 Å². The van der Waals surface area contributed by atoms with Gasteiger partial charge in [-0.05, 0) is 12.8 Å². The van der Waals surface area contributed by atoms with Crippen molar-refractivity contribution in [2.24, 2.45) is 5.73 Å². The van der Waals surface area contributed by atoms with E-state index in [2.05, 4.69) is 12.6 Å². The molecular formula is C7H15NS. The molecule has 54 valence electrons. The van der Waals surface area contributed by atoms with Gasteiger partial charge >= 0.3 is 0 Å². The first-order chi connectivity index (χ1) is 4.27. The van der Waals surface area contributed by atoms with Gasteiger partial charge in [0, 0.05) is 11.3 Å². The minimum Gasteiger partial charge on any atom is -0.329 e. The lowest BCUT2D eigenvalue weighted by atomic mass is 9.88. The van der Waals surface area contributed by atoms with Gasteiger partial charge in [-0.3, -0.25) is 0 Å². The Labute approximate surface area is 62.4 Å². The van der Waals surface area contributed by atoms with Gasteiger partial charge in [-0.15, -0.1) is 0 Å². The lowest BCUT2D eigenvalue weighted by Gasteiger charge is -2.30.